The number of aryl methyl sites for hydroxylation is 1. The monoisotopic (exact) mass is 243 g/mol. The molecule has 0 fully saturated rings. The number of imidazole rings is 1. The topological polar surface area (TPSA) is 25.9 Å². The molecule has 3 nitrogen and oxygen atoms in total. The lowest BCUT2D eigenvalue weighted by molar-refractivity contribution is -0.667. The highest BCUT2D eigenvalue weighted by Crippen LogP contribution is 2.29. The van der Waals surface area contributed by atoms with E-state index in [-0.39, 0.29) is 6.54 Å². The summed E-state index contributed by atoms with van der Waals surface area (Å²) in [5.74, 6) is -0.828. The van der Waals surface area contributed by atoms with Crippen LogP contribution in [0.3, 0.4) is 0 Å². The lowest BCUT2D eigenvalue weighted by Crippen LogP contribution is -2.38. The summed E-state index contributed by atoms with van der Waals surface area (Å²) < 4.78 is 40.8. The van der Waals surface area contributed by atoms with Crippen molar-refractivity contribution >= 4 is 17.3 Å². The standard InChI is InChI=1S/C11H10F3N2O/c1-15-8-4-2-3-5-9(8)16(6-7-17)10(15)11(12,13)14/h2-5,7H,6H2,1H3/q+1. The molecular formula is C11H10F3N2O+. The second-order valence-electron chi connectivity index (χ2n) is 3.65. The van der Waals surface area contributed by atoms with Gasteiger partial charge < -0.3 is 0 Å². The van der Waals surface area contributed by atoms with Gasteiger partial charge in [-0.15, -0.1) is 0 Å². The van der Waals surface area contributed by atoms with Gasteiger partial charge in [0.2, 0.25) is 0 Å². The van der Waals surface area contributed by atoms with Crippen LogP contribution in [0.2, 0.25) is 0 Å². The normalized spacial score (nSPS) is 12.0. The minimum Gasteiger partial charge on any atom is -0.299 e. The summed E-state index contributed by atoms with van der Waals surface area (Å²) in [7, 11) is 1.34. The zero-order chi connectivity index (χ0) is 12.6. The second kappa shape index (κ2) is 3.87. The summed E-state index contributed by atoms with van der Waals surface area (Å²) in [5, 5.41) is 0. The molecule has 0 amide bonds. The summed E-state index contributed by atoms with van der Waals surface area (Å²) in [6.45, 7) is -0.309. The zero-order valence-corrected chi connectivity index (χ0v) is 9.03. The van der Waals surface area contributed by atoms with Gasteiger partial charge in [0.15, 0.2) is 17.3 Å². The van der Waals surface area contributed by atoms with Crippen LogP contribution in [0.25, 0.3) is 11.0 Å². The molecule has 6 heteroatoms. The van der Waals surface area contributed by atoms with Gasteiger partial charge >= 0.3 is 12.0 Å². The molecule has 0 saturated heterocycles. The fourth-order valence-corrected chi connectivity index (χ4v) is 1.99. The maximum absolute atomic E-state index is 12.9. The third kappa shape index (κ3) is 1.79. The van der Waals surface area contributed by atoms with Crippen LogP contribution in [0, 0.1) is 0 Å². The molecule has 1 heterocycles. The Morgan fingerprint density at radius 2 is 2.00 bits per heavy atom. The van der Waals surface area contributed by atoms with Crippen LogP contribution in [0.1, 0.15) is 5.82 Å². The van der Waals surface area contributed by atoms with Crippen LogP contribution in [-0.4, -0.2) is 10.9 Å². The highest BCUT2D eigenvalue weighted by molar-refractivity contribution is 5.73. The highest BCUT2D eigenvalue weighted by atomic mass is 19.4. The van der Waals surface area contributed by atoms with Crippen LogP contribution < -0.4 is 4.57 Å². The van der Waals surface area contributed by atoms with Crippen LogP contribution >= 0.6 is 0 Å². The molecule has 0 spiro atoms. The zero-order valence-electron chi connectivity index (χ0n) is 9.03. The number of para-hydroxylation sites is 2. The largest absolute Gasteiger partial charge is 0.495 e. The minimum absolute atomic E-state index is 0.309. The number of halogens is 3. The first-order chi connectivity index (χ1) is 7.96. The molecule has 90 valence electrons. The number of carbonyl (C=O) groups is 1. The summed E-state index contributed by atoms with van der Waals surface area (Å²) in [4.78, 5) is 10.5. The van der Waals surface area contributed by atoms with Gasteiger partial charge in [0.25, 0.3) is 0 Å². The molecule has 17 heavy (non-hydrogen) atoms. The van der Waals surface area contributed by atoms with Gasteiger partial charge in [-0.05, 0) is 12.1 Å². The molecule has 0 bridgehead atoms. The molecule has 0 radical (unpaired) electrons. The van der Waals surface area contributed by atoms with Gasteiger partial charge in [-0.3, -0.25) is 4.79 Å². The highest BCUT2D eigenvalue weighted by Gasteiger charge is 2.46. The van der Waals surface area contributed by atoms with Crippen molar-refractivity contribution < 1.29 is 22.5 Å². The molecule has 1 aromatic carbocycles. The van der Waals surface area contributed by atoms with E-state index < -0.39 is 12.0 Å². The van der Waals surface area contributed by atoms with E-state index in [0.29, 0.717) is 17.3 Å². The summed E-state index contributed by atoms with van der Waals surface area (Å²) in [5.41, 5.74) is 0.844. The molecule has 1 aromatic heterocycles. The Bertz CT molecular complexity index is 572. The number of benzene rings is 1. The number of hydrogen-bond donors (Lipinski definition) is 0. The predicted octanol–water partition coefficient (Wildman–Crippen LogP) is 1.68. The van der Waals surface area contributed by atoms with Crippen LogP contribution in [0.4, 0.5) is 13.2 Å². The van der Waals surface area contributed by atoms with Crippen LogP contribution in [-0.2, 0) is 24.6 Å². The van der Waals surface area contributed by atoms with Crippen molar-refractivity contribution in [1.82, 2.24) is 4.57 Å². The smallest absolute Gasteiger partial charge is 0.299 e. The Morgan fingerprint density at radius 1 is 1.35 bits per heavy atom. The molecule has 0 aliphatic carbocycles. The van der Waals surface area contributed by atoms with E-state index >= 15 is 0 Å². The van der Waals surface area contributed by atoms with E-state index in [1.54, 1.807) is 24.3 Å². The van der Waals surface area contributed by atoms with Crippen LogP contribution in [0.15, 0.2) is 24.3 Å². The van der Waals surface area contributed by atoms with Gasteiger partial charge in [-0.2, -0.15) is 13.2 Å². The number of aldehydes is 1. The van der Waals surface area contributed by atoms with E-state index in [0.717, 1.165) is 9.13 Å². The van der Waals surface area contributed by atoms with Crippen molar-refractivity contribution in [2.45, 2.75) is 12.7 Å². The number of carbonyl (C=O) groups excluding carboxylic acids is 1. The minimum atomic E-state index is -4.49. The molecule has 0 aliphatic heterocycles. The summed E-state index contributed by atoms with van der Waals surface area (Å²) in [6.07, 6.45) is -4.03. The number of alkyl halides is 3. The molecule has 2 aromatic rings. The van der Waals surface area contributed by atoms with Crippen molar-refractivity contribution in [2.75, 3.05) is 0 Å². The third-order valence-corrected chi connectivity index (χ3v) is 2.62. The molecule has 0 aliphatic rings. The molecule has 0 unspecified atom stereocenters. The SMILES string of the molecule is C[n+]1c(C(F)(F)F)n(CC=O)c2ccccc21. The maximum Gasteiger partial charge on any atom is 0.495 e. The number of nitrogens with zero attached hydrogens (tertiary/aromatic N) is 2. The molecule has 0 atom stereocenters. The Hall–Kier alpha value is -1.85. The second-order valence-corrected chi connectivity index (χ2v) is 3.65. The van der Waals surface area contributed by atoms with Gasteiger partial charge in [-0.1, -0.05) is 12.1 Å². The fourth-order valence-electron chi connectivity index (χ4n) is 1.99. The van der Waals surface area contributed by atoms with Crippen molar-refractivity contribution in [3.05, 3.63) is 30.1 Å². The first-order valence-electron chi connectivity index (χ1n) is 4.95. The number of aromatic nitrogens is 2. The van der Waals surface area contributed by atoms with Gasteiger partial charge in [0.1, 0.15) is 6.54 Å². The third-order valence-electron chi connectivity index (χ3n) is 2.62. The number of hydrogen-bond acceptors (Lipinski definition) is 1. The van der Waals surface area contributed by atoms with Crippen molar-refractivity contribution in [3.8, 4) is 0 Å². The molecular weight excluding hydrogens is 233 g/mol. The van der Waals surface area contributed by atoms with Gasteiger partial charge in [0.05, 0.1) is 7.05 Å². The Kier molecular flexibility index (Phi) is 2.65. The molecule has 0 saturated carbocycles. The quantitative estimate of drug-likeness (QED) is 0.582. The summed E-state index contributed by atoms with van der Waals surface area (Å²) >= 11 is 0. The van der Waals surface area contributed by atoms with Gasteiger partial charge in [-0.25, -0.2) is 9.13 Å². The Balaban J connectivity index is 2.85. The fraction of sp³-hybridized carbons (Fsp3) is 0.273. The van der Waals surface area contributed by atoms with Crippen molar-refractivity contribution in [1.29, 1.82) is 0 Å². The molecule has 2 rings (SSSR count). The number of rotatable bonds is 2. The lowest BCUT2D eigenvalue weighted by Gasteiger charge is -2.03. The predicted molar refractivity (Wildman–Crippen MR) is 54.2 cm³/mol. The summed E-state index contributed by atoms with van der Waals surface area (Å²) in [6, 6.07) is 6.46. The Morgan fingerprint density at radius 3 is 2.59 bits per heavy atom. The molecule has 0 N–H and O–H groups in total. The number of fused-ring (bicyclic) bond motifs is 1. The van der Waals surface area contributed by atoms with Gasteiger partial charge in [0, 0.05) is 0 Å². The van der Waals surface area contributed by atoms with E-state index in [1.165, 1.54) is 7.05 Å². The van der Waals surface area contributed by atoms with Crippen molar-refractivity contribution in [3.63, 3.8) is 0 Å². The first-order valence-corrected chi connectivity index (χ1v) is 4.95. The first kappa shape index (κ1) is 11.6. The van der Waals surface area contributed by atoms with Crippen LogP contribution in [0.5, 0.6) is 0 Å². The van der Waals surface area contributed by atoms with E-state index in [9.17, 15) is 18.0 Å². The van der Waals surface area contributed by atoms with E-state index in [4.69, 9.17) is 0 Å². The Labute approximate surface area is 95.1 Å². The lowest BCUT2D eigenvalue weighted by atomic mass is 10.3. The average Bonchev–Trinajstić information content (AvgIpc) is 2.53. The maximum atomic E-state index is 12.9. The van der Waals surface area contributed by atoms with E-state index in [2.05, 4.69) is 0 Å². The average molecular weight is 243 g/mol. The van der Waals surface area contributed by atoms with E-state index in [1.807, 2.05) is 0 Å². The van der Waals surface area contributed by atoms with Crippen molar-refractivity contribution in [2.24, 2.45) is 7.05 Å².